The molecule has 0 N–H and O–H groups in total. The molecule has 0 radical (unpaired) electrons. The lowest BCUT2D eigenvalue weighted by molar-refractivity contribution is 0.503. The van der Waals surface area contributed by atoms with Crippen molar-refractivity contribution in [2.24, 2.45) is 0 Å². The van der Waals surface area contributed by atoms with E-state index in [2.05, 4.69) is 6.58 Å². The summed E-state index contributed by atoms with van der Waals surface area (Å²) in [5, 5.41) is 0. The van der Waals surface area contributed by atoms with Crippen molar-refractivity contribution in [3.8, 4) is 0 Å². The summed E-state index contributed by atoms with van der Waals surface area (Å²) in [6.45, 7) is 3.27. The fourth-order valence-electron chi connectivity index (χ4n) is 0.904. The Morgan fingerprint density at radius 2 is 1.83 bits per heavy atom. The lowest BCUT2D eigenvalue weighted by Gasteiger charge is -2.03. The van der Waals surface area contributed by atoms with E-state index in [1.807, 2.05) is 0 Å². The van der Waals surface area contributed by atoms with E-state index in [1.165, 1.54) is 7.85 Å². The van der Waals surface area contributed by atoms with Gasteiger partial charge in [-0.2, -0.15) is 0 Å². The first kappa shape index (κ1) is 8.91. The number of rotatable bonds is 1. The van der Waals surface area contributed by atoms with Gasteiger partial charge >= 0.3 is 0 Å². The maximum absolute atomic E-state index is 13.0. The van der Waals surface area contributed by atoms with Crippen molar-refractivity contribution < 1.29 is 13.2 Å². The van der Waals surface area contributed by atoms with E-state index in [4.69, 9.17) is 0 Å². The normalized spacial score (nSPS) is 9.92. The topological polar surface area (TPSA) is 0 Å². The predicted molar refractivity (Wildman–Crippen MR) is 44.6 cm³/mol. The van der Waals surface area contributed by atoms with E-state index < -0.39 is 17.5 Å². The van der Waals surface area contributed by atoms with Crippen molar-refractivity contribution in [1.82, 2.24) is 0 Å². The fourth-order valence-corrected chi connectivity index (χ4v) is 0.904. The summed E-state index contributed by atoms with van der Waals surface area (Å²) in [6, 6.07) is 0.782. The summed E-state index contributed by atoms with van der Waals surface area (Å²) in [7, 11) is 1.18. The summed E-state index contributed by atoms with van der Waals surface area (Å²) in [5.41, 5.74) is -0.337. The third-order valence-corrected chi connectivity index (χ3v) is 1.62. The molecule has 0 fully saturated rings. The Bertz CT molecular complexity index is 334. The van der Waals surface area contributed by atoms with Gasteiger partial charge in [-0.05, 0) is 11.5 Å². The van der Waals surface area contributed by atoms with E-state index in [0.717, 1.165) is 12.1 Å². The average Bonchev–Trinajstić information content (AvgIpc) is 2.08. The highest BCUT2D eigenvalue weighted by Gasteiger charge is 2.12. The largest absolute Gasteiger partial charge is 0.207 e. The first-order valence-electron chi connectivity index (χ1n) is 3.34. The number of halogens is 3. The zero-order chi connectivity index (χ0) is 9.30. The van der Waals surface area contributed by atoms with E-state index >= 15 is 0 Å². The molecule has 62 valence electrons. The molecule has 4 heteroatoms. The minimum absolute atomic E-state index is 0.0219. The minimum Gasteiger partial charge on any atom is -0.207 e. The van der Waals surface area contributed by atoms with Crippen molar-refractivity contribution in [3.63, 3.8) is 0 Å². The van der Waals surface area contributed by atoms with Crippen molar-refractivity contribution in [1.29, 1.82) is 0 Å². The molecule has 0 aliphatic carbocycles. The first-order valence-corrected chi connectivity index (χ1v) is 3.34. The number of hydrogen-bond donors (Lipinski definition) is 0. The number of hydrogen-bond acceptors (Lipinski definition) is 0. The van der Waals surface area contributed by atoms with E-state index in [-0.39, 0.29) is 11.0 Å². The van der Waals surface area contributed by atoms with Gasteiger partial charge in [0.05, 0.1) is 0 Å². The summed E-state index contributed by atoms with van der Waals surface area (Å²) < 4.78 is 38.2. The van der Waals surface area contributed by atoms with Gasteiger partial charge in [-0.15, -0.1) is 0 Å². The van der Waals surface area contributed by atoms with Crippen LogP contribution in [-0.4, -0.2) is 7.85 Å². The molecule has 0 spiro atoms. The molecule has 0 heterocycles. The van der Waals surface area contributed by atoms with Crippen LogP contribution in [0.3, 0.4) is 0 Å². The second-order valence-corrected chi connectivity index (χ2v) is 2.40. The van der Waals surface area contributed by atoms with Gasteiger partial charge in [0.2, 0.25) is 0 Å². The number of benzene rings is 1. The second kappa shape index (κ2) is 3.05. The van der Waals surface area contributed by atoms with Crippen molar-refractivity contribution in [2.45, 2.75) is 0 Å². The maximum Gasteiger partial charge on any atom is 0.159 e. The Labute approximate surface area is 69.1 Å². The third kappa shape index (κ3) is 1.24. The Balaban J connectivity index is 3.49. The maximum atomic E-state index is 13.0. The molecule has 0 saturated heterocycles. The quantitative estimate of drug-likeness (QED) is 0.435. The molecule has 0 nitrogen and oxygen atoms in total. The third-order valence-electron chi connectivity index (χ3n) is 1.62. The fraction of sp³-hybridized carbons (Fsp3) is 0. The minimum atomic E-state index is -1.14. The van der Waals surface area contributed by atoms with Gasteiger partial charge in [0, 0.05) is 5.56 Å². The standard InChI is InChI=1S/C8H6BF3/c1-2-4-3-5(10)8(12)6(9)7(4)11/h2-3H,1,9H2. The van der Waals surface area contributed by atoms with E-state index in [9.17, 15) is 13.2 Å². The molecule has 0 aromatic heterocycles. The van der Waals surface area contributed by atoms with Crippen LogP contribution >= 0.6 is 0 Å². The molecular weight excluding hydrogens is 164 g/mol. The van der Waals surface area contributed by atoms with Crippen molar-refractivity contribution in [3.05, 3.63) is 35.7 Å². The average molecular weight is 170 g/mol. The monoisotopic (exact) mass is 170 g/mol. The van der Waals surface area contributed by atoms with Crippen LogP contribution in [0, 0.1) is 17.5 Å². The van der Waals surface area contributed by atoms with Crippen LogP contribution in [0.15, 0.2) is 12.6 Å². The van der Waals surface area contributed by atoms with Crippen LogP contribution in [-0.2, 0) is 0 Å². The molecular formula is C8H6BF3. The SMILES string of the molecule is Bc1c(F)c(F)cc(C=C)c1F. The smallest absolute Gasteiger partial charge is 0.159 e. The zero-order valence-corrected chi connectivity index (χ0v) is 6.50. The van der Waals surface area contributed by atoms with Gasteiger partial charge in [0.1, 0.15) is 13.7 Å². The van der Waals surface area contributed by atoms with Gasteiger partial charge in [0.15, 0.2) is 11.6 Å². The summed E-state index contributed by atoms with van der Waals surface area (Å²) in [4.78, 5) is 0. The summed E-state index contributed by atoms with van der Waals surface area (Å²) in [5.74, 6) is -2.95. The lowest BCUT2D eigenvalue weighted by atomic mass is 9.92. The molecule has 1 aromatic rings. The van der Waals surface area contributed by atoms with Crippen LogP contribution in [0.25, 0.3) is 6.08 Å². The van der Waals surface area contributed by atoms with E-state index in [0.29, 0.717) is 0 Å². The summed E-state index contributed by atoms with van der Waals surface area (Å²) >= 11 is 0. The lowest BCUT2D eigenvalue weighted by Crippen LogP contribution is -2.17. The molecule has 12 heavy (non-hydrogen) atoms. The molecule has 0 bridgehead atoms. The van der Waals surface area contributed by atoms with Crippen molar-refractivity contribution >= 4 is 19.4 Å². The molecule has 0 unspecified atom stereocenters. The Kier molecular flexibility index (Phi) is 2.26. The first-order chi connectivity index (χ1) is 5.57. The molecule has 0 atom stereocenters. The second-order valence-electron chi connectivity index (χ2n) is 2.40. The summed E-state index contributed by atoms with van der Waals surface area (Å²) in [6.07, 6.45) is 1.14. The Morgan fingerprint density at radius 3 is 2.33 bits per heavy atom. The van der Waals surface area contributed by atoms with Crippen LogP contribution in [0.5, 0.6) is 0 Å². The van der Waals surface area contributed by atoms with Gasteiger partial charge in [-0.1, -0.05) is 12.7 Å². The van der Waals surface area contributed by atoms with Gasteiger partial charge in [0.25, 0.3) is 0 Å². The molecule has 0 saturated carbocycles. The molecule has 1 aromatic carbocycles. The Morgan fingerprint density at radius 1 is 1.25 bits per heavy atom. The molecule has 0 aliphatic rings. The van der Waals surface area contributed by atoms with Gasteiger partial charge in [-0.3, -0.25) is 0 Å². The van der Waals surface area contributed by atoms with Crippen LogP contribution in [0.4, 0.5) is 13.2 Å². The highest BCUT2D eigenvalue weighted by molar-refractivity contribution is 6.32. The zero-order valence-electron chi connectivity index (χ0n) is 6.50. The molecule has 0 aliphatic heterocycles. The van der Waals surface area contributed by atoms with Crippen LogP contribution in [0.1, 0.15) is 5.56 Å². The predicted octanol–water partition coefficient (Wildman–Crippen LogP) is 1.01. The van der Waals surface area contributed by atoms with E-state index in [1.54, 1.807) is 0 Å². The molecule has 1 rings (SSSR count). The molecule has 0 amide bonds. The Hall–Kier alpha value is -1.19. The highest BCUT2D eigenvalue weighted by atomic mass is 19.2. The van der Waals surface area contributed by atoms with Crippen LogP contribution < -0.4 is 5.46 Å². The van der Waals surface area contributed by atoms with Gasteiger partial charge in [-0.25, -0.2) is 13.2 Å². The van der Waals surface area contributed by atoms with Gasteiger partial charge < -0.3 is 0 Å². The highest BCUT2D eigenvalue weighted by Crippen LogP contribution is 2.11. The van der Waals surface area contributed by atoms with Crippen LogP contribution in [0.2, 0.25) is 0 Å². The van der Waals surface area contributed by atoms with Crippen molar-refractivity contribution in [2.75, 3.05) is 0 Å².